The third kappa shape index (κ3) is 2.95. The molecule has 1 atom stereocenters. The van der Waals surface area contributed by atoms with Crippen molar-refractivity contribution in [2.45, 2.75) is 38.8 Å². The van der Waals surface area contributed by atoms with E-state index in [2.05, 4.69) is 10.3 Å². The molecule has 0 saturated carbocycles. The molecular weight excluding hydrogens is 280 g/mol. The molecule has 1 saturated heterocycles. The quantitative estimate of drug-likeness (QED) is 0.874. The highest BCUT2D eigenvalue weighted by Gasteiger charge is 2.33. The van der Waals surface area contributed by atoms with Gasteiger partial charge in [0.15, 0.2) is 0 Å². The maximum Gasteiger partial charge on any atom is 0.410 e. The lowest BCUT2D eigenvalue weighted by Crippen LogP contribution is -2.32. The maximum atomic E-state index is 12.2. The summed E-state index contributed by atoms with van der Waals surface area (Å²) in [4.78, 5) is 13.9. The molecule has 0 unspecified atom stereocenters. The number of carbonyl (C=O) groups excluding carboxylic acids is 1. The van der Waals surface area contributed by atoms with Gasteiger partial charge in [0, 0.05) is 6.54 Å². The van der Waals surface area contributed by atoms with Crippen molar-refractivity contribution >= 4 is 6.09 Å². The first kappa shape index (κ1) is 14.6. The van der Waals surface area contributed by atoms with E-state index in [1.165, 1.54) is 0 Å². The fourth-order valence-corrected chi connectivity index (χ4v) is 2.70. The Morgan fingerprint density at radius 3 is 2.82 bits per heavy atom. The largest absolute Gasteiger partial charge is 0.447 e. The monoisotopic (exact) mass is 300 g/mol. The zero-order valence-corrected chi connectivity index (χ0v) is 12.8. The Balaban J connectivity index is 1.79. The van der Waals surface area contributed by atoms with E-state index in [0.717, 1.165) is 24.2 Å². The number of ether oxygens (including phenoxy) is 1. The van der Waals surface area contributed by atoms with E-state index in [0.29, 0.717) is 6.54 Å². The lowest BCUT2D eigenvalue weighted by Gasteiger charge is -2.23. The summed E-state index contributed by atoms with van der Waals surface area (Å²) in [7, 11) is 0. The first-order valence-electron chi connectivity index (χ1n) is 7.60. The van der Waals surface area contributed by atoms with Gasteiger partial charge in [0.05, 0.1) is 24.0 Å². The number of hydrogen-bond donors (Lipinski definition) is 0. The van der Waals surface area contributed by atoms with E-state index in [-0.39, 0.29) is 18.2 Å². The molecule has 0 radical (unpaired) electrons. The topological polar surface area (TPSA) is 60.2 Å². The number of nitrogens with zero attached hydrogens (tertiary/aromatic N) is 4. The number of amides is 1. The highest BCUT2D eigenvalue weighted by atomic mass is 16.6. The van der Waals surface area contributed by atoms with Crippen LogP contribution in [-0.2, 0) is 4.74 Å². The number of benzene rings is 1. The summed E-state index contributed by atoms with van der Waals surface area (Å²) < 4.78 is 7.05. The summed E-state index contributed by atoms with van der Waals surface area (Å²) in [6.07, 6.45) is 3.35. The number of para-hydroxylation sites is 1. The fourth-order valence-electron chi connectivity index (χ4n) is 2.70. The molecule has 1 amide bonds. The van der Waals surface area contributed by atoms with Crippen LogP contribution in [0.1, 0.15) is 38.4 Å². The van der Waals surface area contributed by atoms with Crippen molar-refractivity contribution < 1.29 is 9.53 Å². The van der Waals surface area contributed by atoms with Gasteiger partial charge in [-0.3, -0.25) is 4.90 Å². The molecule has 2 heterocycles. The maximum absolute atomic E-state index is 12.2. The molecule has 3 rings (SSSR count). The Bertz CT molecular complexity index is 639. The van der Waals surface area contributed by atoms with Gasteiger partial charge < -0.3 is 4.74 Å². The number of aromatic nitrogens is 3. The highest BCUT2D eigenvalue weighted by Crippen LogP contribution is 2.31. The minimum Gasteiger partial charge on any atom is -0.447 e. The van der Waals surface area contributed by atoms with Crippen LogP contribution in [0, 0.1) is 0 Å². The number of hydrogen-bond acceptors (Lipinski definition) is 4. The zero-order valence-electron chi connectivity index (χ0n) is 12.8. The molecule has 1 aliphatic heterocycles. The van der Waals surface area contributed by atoms with Gasteiger partial charge in [-0.15, -0.1) is 5.10 Å². The van der Waals surface area contributed by atoms with Gasteiger partial charge in [-0.25, -0.2) is 9.48 Å². The molecule has 1 aliphatic rings. The third-order valence-corrected chi connectivity index (χ3v) is 3.70. The van der Waals surface area contributed by atoms with Gasteiger partial charge in [-0.2, -0.15) is 0 Å². The highest BCUT2D eigenvalue weighted by molar-refractivity contribution is 5.68. The van der Waals surface area contributed by atoms with Crippen LogP contribution in [0.15, 0.2) is 36.5 Å². The molecular formula is C16H20N4O2. The molecule has 0 spiro atoms. The van der Waals surface area contributed by atoms with Crippen molar-refractivity contribution in [3.05, 3.63) is 42.2 Å². The Morgan fingerprint density at radius 2 is 2.09 bits per heavy atom. The Kier molecular flexibility index (Phi) is 4.09. The van der Waals surface area contributed by atoms with Crippen LogP contribution < -0.4 is 0 Å². The van der Waals surface area contributed by atoms with E-state index >= 15 is 0 Å². The first-order chi connectivity index (χ1) is 10.6. The van der Waals surface area contributed by atoms with Gasteiger partial charge in [0.25, 0.3) is 0 Å². The van der Waals surface area contributed by atoms with Crippen LogP contribution in [0.3, 0.4) is 0 Å². The normalized spacial score (nSPS) is 18.0. The van der Waals surface area contributed by atoms with Gasteiger partial charge in [-0.05, 0) is 38.8 Å². The van der Waals surface area contributed by atoms with Crippen molar-refractivity contribution in [2.75, 3.05) is 6.54 Å². The minimum atomic E-state index is -0.272. The summed E-state index contributed by atoms with van der Waals surface area (Å²) >= 11 is 0. The Morgan fingerprint density at radius 1 is 1.32 bits per heavy atom. The van der Waals surface area contributed by atoms with Crippen molar-refractivity contribution in [3.63, 3.8) is 0 Å². The molecule has 2 aromatic rings. The Labute approximate surface area is 129 Å². The van der Waals surface area contributed by atoms with Crippen LogP contribution in [0.5, 0.6) is 0 Å². The van der Waals surface area contributed by atoms with E-state index < -0.39 is 0 Å². The summed E-state index contributed by atoms with van der Waals surface area (Å²) in [6, 6.07) is 9.76. The lowest BCUT2D eigenvalue weighted by molar-refractivity contribution is 0.0726. The van der Waals surface area contributed by atoms with Crippen LogP contribution in [-0.4, -0.2) is 38.6 Å². The van der Waals surface area contributed by atoms with Gasteiger partial charge in [-0.1, -0.05) is 23.4 Å². The standard InChI is InChI=1S/C16H20N4O2/c1-12(2)22-16(21)19-10-6-9-15(19)14-11-20(18-17-14)13-7-4-3-5-8-13/h3-5,7-8,11-12,15H,6,9-10H2,1-2H3/t15-/m0/s1. The second kappa shape index (κ2) is 6.17. The van der Waals surface area contributed by atoms with Crippen molar-refractivity contribution in [2.24, 2.45) is 0 Å². The van der Waals surface area contributed by atoms with E-state index in [1.807, 2.05) is 50.4 Å². The average Bonchev–Trinajstić information content (AvgIpc) is 3.16. The molecule has 6 nitrogen and oxygen atoms in total. The number of rotatable bonds is 3. The lowest BCUT2D eigenvalue weighted by atomic mass is 10.2. The molecule has 1 fully saturated rings. The second-order valence-corrected chi connectivity index (χ2v) is 5.71. The molecule has 6 heteroatoms. The number of likely N-dealkylation sites (tertiary alicyclic amines) is 1. The van der Waals surface area contributed by atoms with Crippen molar-refractivity contribution in [3.8, 4) is 5.69 Å². The number of carbonyl (C=O) groups is 1. The van der Waals surface area contributed by atoms with Crippen LogP contribution in [0.4, 0.5) is 4.79 Å². The second-order valence-electron chi connectivity index (χ2n) is 5.71. The van der Waals surface area contributed by atoms with Gasteiger partial charge >= 0.3 is 6.09 Å². The molecule has 0 aliphatic carbocycles. The predicted molar refractivity (Wildman–Crippen MR) is 81.7 cm³/mol. The third-order valence-electron chi connectivity index (χ3n) is 3.70. The average molecular weight is 300 g/mol. The molecule has 1 aromatic carbocycles. The van der Waals surface area contributed by atoms with E-state index in [9.17, 15) is 4.79 Å². The Hall–Kier alpha value is -2.37. The summed E-state index contributed by atoms with van der Waals surface area (Å²) in [5, 5.41) is 8.42. The molecule has 0 bridgehead atoms. The van der Waals surface area contributed by atoms with Crippen molar-refractivity contribution in [1.29, 1.82) is 0 Å². The van der Waals surface area contributed by atoms with E-state index in [4.69, 9.17) is 4.74 Å². The van der Waals surface area contributed by atoms with Crippen LogP contribution in [0.25, 0.3) is 5.69 Å². The molecule has 0 N–H and O–H groups in total. The van der Waals surface area contributed by atoms with Gasteiger partial charge in [0.1, 0.15) is 5.69 Å². The zero-order chi connectivity index (χ0) is 15.5. The minimum absolute atomic E-state index is 0.0521. The first-order valence-corrected chi connectivity index (χ1v) is 7.60. The molecule has 22 heavy (non-hydrogen) atoms. The summed E-state index contributed by atoms with van der Waals surface area (Å²) in [5.74, 6) is 0. The van der Waals surface area contributed by atoms with Gasteiger partial charge in [0.2, 0.25) is 0 Å². The molecule has 116 valence electrons. The fraction of sp³-hybridized carbons (Fsp3) is 0.438. The smallest absolute Gasteiger partial charge is 0.410 e. The predicted octanol–water partition coefficient (Wildman–Crippen LogP) is 2.95. The van der Waals surface area contributed by atoms with E-state index in [1.54, 1.807) is 9.58 Å². The van der Waals surface area contributed by atoms with Crippen molar-refractivity contribution in [1.82, 2.24) is 19.9 Å². The SMILES string of the molecule is CC(C)OC(=O)N1CCC[C@H]1c1cn(-c2ccccc2)nn1. The summed E-state index contributed by atoms with van der Waals surface area (Å²) in [6.45, 7) is 4.41. The summed E-state index contributed by atoms with van der Waals surface area (Å²) in [5.41, 5.74) is 1.76. The van der Waals surface area contributed by atoms with Crippen LogP contribution >= 0.6 is 0 Å². The van der Waals surface area contributed by atoms with Crippen LogP contribution in [0.2, 0.25) is 0 Å². The molecule has 1 aromatic heterocycles.